The number of rotatable bonds is 13. The second kappa shape index (κ2) is 16.0. The first kappa shape index (κ1) is 22.2. The molecule has 136 valence electrons. The second-order valence-corrected chi connectivity index (χ2v) is 5.22. The lowest BCUT2D eigenvalue weighted by molar-refractivity contribution is -0.0275. The highest BCUT2D eigenvalue weighted by Gasteiger charge is 2.05. The Morgan fingerprint density at radius 3 is 1.96 bits per heavy atom. The monoisotopic (exact) mass is 370 g/mol. The second-order valence-electron chi connectivity index (χ2n) is 4.33. The zero-order valence-electron chi connectivity index (χ0n) is 13.3. The summed E-state index contributed by atoms with van der Waals surface area (Å²) in [6, 6.07) is 0. The summed E-state index contributed by atoms with van der Waals surface area (Å²) in [6.07, 6.45) is -1.13. The molecule has 0 fully saturated rings. The zero-order chi connectivity index (χ0) is 17.3. The highest BCUT2D eigenvalue weighted by atomic mass is 32.1. The summed E-state index contributed by atoms with van der Waals surface area (Å²) < 4.78 is 20.5. The fourth-order valence-electron chi connectivity index (χ4n) is 1.29. The third kappa shape index (κ3) is 15.8. The molecule has 10 heteroatoms. The molecule has 0 aliphatic rings. The Bertz CT molecular complexity index is 323. The van der Waals surface area contributed by atoms with E-state index in [4.69, 9.17) is 18.9 Å². The van der Waals surface area contributed by atoms with Crippen LogP contribution in [0.2, 0.25) is 0 Å². The maximum atomic E-state index is 11.1. The molecule has 0 radical (unpaired) electrons. The van der Waals surface area contributed by atoms with Gasteiger partial charge < -0.3 is 29.6 Å². The molecule has 1 atom stereocenters. The van der Waals surface area contributed by atoms with Crippen molar-refractivity contribution in [3.05, 3.63) is 0 Å². The van der Waals surface area contributed by atoms with Gasteiger partial charge in [-0.15, -0.1) is 0 Å². The predicted octanol–water partition coefficient (Wildman–Crippen LogP) is 0.720. The molecule has 1 unspecified atom stereocenters. The van der Waals surface area contributed by atoms with E-state index in [1.54, 1.807) is 0 Å². The van der Waals surface area contributed by atoms with E-state index in [1.807, 2.05) is 6.92 Å². The van der Waals surface area contributed by atoms with Gasteiger partial charge in [0.2, 0.25) is 0 Å². The van der Waals surface area contributed by atoms with Gasteiger partial charge in [-0.25, -0.2) is 9.59 Å². The summed E-state index contributed by atoms with van der Waals surface area (Å²) in [5.41, 5.74) is 0. The van der Waals surface area contributed by atoms with Crippen molar-refractivity contribution in [1.29, 1.82) is 0 Å². The SMILES string of the molecule is CC(COCCOC(=O)NCCS)OCCOC(=O)NCCS. The molecule has 2 amide bonds. The lowest BCUT2D eigenvalue weighted by atomic mass is 10.4. The Morgan fingerprint density at radius 2 is 1.43 bits per heavy atom. The van der Waals surface area contributed by atoms with Crippen molar-refractivity contribution in [3.63, 3.8) is 0 Å². The van der Waals surface area contributed by atoms with E-state index < -0.39 is 12.2 Å². The first-order valence-electron chi connectivity index (χ1n) is 7.32. The zero-order valence-corrected chi connectivity index (χ0v) is 15.1. The molecule has 0 aliphatic heterocycles. The molecule has 0 aromatic heterocycles. The number of hydrogen-bond acceptors (Lipinski definition) is 8. The molecule has 0 bridgehead atoms. The van der Waals surface area contributed by atoms with E-state index in [1.165, 1.54) is 0 Å². The van der Waals surface area contributed by atoms with Gasteiger partial charge in [0.15, 0.2) is 0 Å². The summed E-state index contributed by atoms with van der Waals surface area (Å²) in [4.78, 5) is 22.2. The molecule has 0 aliphatic carbocycles. The van der Waals surface area contributed by atoms with Crippen LogP contribution in [-0.2, 0) is 18.9 Å². The minimum Gasteiger partial charge on any atom is -0.447 e. The summed E-state index contributed by atoms with van der Waals surface area (Å²) in [5, 5.41) is 5.04. The minimum atomic E-state index is -0.486. The van der Waals surface area contributed by atoms with E-state index in [2.05, 4.69) is 35.9 Å². The number of thiol groups is 2. The molecule has 0 aromatic rings. The molecule has 0 saturated heterocycles. The molecule has 2 N–H and O–H groups in total. The third-order valence-corrected chi connectivity index (χ3v) is 2.74. The normalized spacial score (nSPS) is 11.6. The first-order valence-corrected chi connectivity index (χ1v) is 8.59. The van der Waals surface area contributed by atoms with Crippen molar-refractivity contribution in [2.45, 2.75) is 13.0 Å². The first-order chi connectivity index (χ1) is 11.1. The van der Waals surface area contributed by atoms with Gasteiger partial charge in [0.1, 0.15) is 13.2 Å². The average Bonchev–Trinajstić information content (AvgIpc) is 2.54. The van der Waals surface area contributed by atoms with Crippen LogP contribution in [-0.4, -0.2) is 75.9 Å². The summed E-state index contributed by atoms with van der Waals surface area (Å²) in [5.74, 6) is 1.11. The largest absolute Gasteiger partial charge is 0.447 e. The van der Waals surface area contributed by atoms with Crippen LogP contribution in [0.4, 0.5) is 9.59 Å². The number of ether oxygens (including phenoxy) is 4. The maximum absolute atomic E-state index is 11.1. The van der Waals surface area contributed by atoms with Gasteiger partial charge >= 0.3 is 12.2 Å². The van der Waals surface area contributed by atoms with Crippen LogP contribution < -0.4 is 10.6 Å². The molecular weight excluding hydrogens is 344 g/mol. The Balaban J connectivity index is 3.38. The molecule has 23 heavy (non-hydrogen) atoms. The van der Waals surface area contributed by atoms with E-state index in [-0.39, 0.29) is 32.5 Å². The predicted molar refractivity (Wildman–Crippen MR) is 92.6 cm³/mol. The highest BCUT2D eigenvalue weighted by Crippen LogP contribution is 1.93. The molecule has 0 rings (SSSR count). The van der Waals surface area contributed by atoms with Crippen LogP contribution in [0.15, 0.2) is 0 Å². The summed E-state index contributed by atoms with van der Waals surface area (Å²) in [6.45, 7) is 4.00. The van der Waals surface area contributed by atoms with Crippen molar-refractivity contribution in [3.8, 4) is 0 Å². The van der Waals surface area contributed by atoms with Crippen molar-refractivity contribution >= 4 is 37.4 Å². The smallest absolute Gasteiger partial charge is 0.407 e. The molecule has 0 saturated carbocycles. The summed E-state index contributed by atoms with van der Waals surface area (Å²) >= 11 is 7.92. The molecule has 0 spiro atoms. The number of alkyl carbamates (subject to hydrolysis) is 2. The molecule has 0 aromatic carbocycles. The number of carbonyl (C=O) groups excluding carboxylic acids is 2. The Labute approximate surface area is 147 Å². The van der Waals surface area contributed by atoms with E-state index in [0.717, 1.165) is 0 Å². The molecular formula is C13H26N2O6S2. The van der Waals surface area contributed by atoms with Gasteiger partial charge in [-0.1, -0.05) is 0 Å². The lowest BCUT2D eigenvalue weighted by Crippen LogP contribution is -2.28. The van der Waals surface area contributed by atoms with Crippen molar-refractivity contribution in [2.75, 3.05) is 57.6 Å². The molecule has 8 nitrogen and oxygen atoms in total. The van der Waals surface area contributed by atoms with Gasteiger partial charge in [-0.05, 0) is 6.92 Å². The van der Waals surface area contributed by atoms with Crippen molar-refractivity contribution in [2.24, 2.45) is 0 Å². The standard InChI is InChI=1S/C13H26N2O6S2/c1-11(19-6-7-21-13(17)15-3-9-23)10-18-4-5-20-12(16)14-2-8-22/h11,22-23H,2-10H2,1H3,(H,14,16)(H,15,17). The van der Waals surface area contributed by atoms with Gasteiger partial charge in [0.25, 0.3) is 0 Å². The number of carbonyl (C=O) groups is 2. The van der Waals surface area contributed by atoms with Crippen LogP contribution in [0.5, 0.6) is 0 Å². The van der Waals surface area contributed by atoms with Gasteiger partial charge in [0.05, 0.1) is 25.9 Å². The van der Waals surface area contributed by atoms with Gasteiger partial charge in [-0.3, -0.25) is 0 Å². The van der Waals surface area contributed by atoms with Crippen LogP contribution in [0.3, 0.4) is 0 Å². The van der Waals surface area contributed by atoms with Gasteiger partial charge in [-0.2, -0.15) is 25.3 Å². The van der Waals surface area contributed by atoms with Gasteiger partial charge in [0, 0.05) is 24.6 Å². The van der Waals surface area contributed by atoms with Crippen molar-refractivity contribution < 1.29 is 28.5 Å². The van der Waals surface area contributed by atoms with E-state index in [0.29, 0.717) is 31.2 Å². The van der Waals surface area contributed by atoms with Crippen LogP contribution in [0.25, 0.3) is 0 Å². The van der Waals surface area contributed by atoms with E-state index in [9.17, 15) is 9.59 Å². The topological polar surface area (TPSA) is 95.1 Å². The lowest BCUT2D eigenvalue weighted by Gasteiger charge is -2.14. The minimum absolute atomic E-state index is 0.155. The Morgan fingerprint density at radius 1 is 0.913 bits per heavy atom. The fourth-order valence-corrected chi connectivity index (χ4v) is 1.52. The highest BCUT2D eigenvalue weighted by molar-refractivity contribution is 7.80. The molecule has 0 heterocycles. The van der Waals surface area contributed by atoms with Crippen molar-refractivity contribution in [1.82, 2.24) is 10.6 Å². The number of nitrogens with one attached hydrogen (secondary N) is 2. The van der Waals surface area contributed by atoms with Crippen LogP contribution in [0.1, 0.15) is 6.92 Å². The summed E-state index contributed by atoms with van der Waals surface area (Å²) in [7, 11) is 0. The maximum Gasteiger partial charge on any atom is 0.407 e. The number of hydrogen-bond donors (Lipinski definition) is 4. The van der Waals surface area contributed by atoms with Crippen LogP contribution in [0, 0.1) is 0 Å². The van der Waals surface area contributed by atoms with E-state index >= 15 is 0 Å². The quantitative estimate of drug-likeness (QED) is 0.282. The fraction of sp³-hybridized carbons (Fsp3) is 0.846. The average molecular weight is 370 g/mol. The Kier molecular flexibility index (Phi) is 15.4. The number of amides is 2. The van der Waals surface area contributed by atoms with Crippen LogP contribution >= 0.6 is 25.3 Å². The Hall–Kier alpha value is -0.840. The third-order valence-electron chi connectivity index (χ3n) is 2.29.